The van der Waals surface area contributed by atoms with Gasteiger partial charge in [0.15, 0.2) is 5.82 Å². The van der Waals surface area contributed by atoms with E-state index in [1.807, 2.05) is 36.2 Å². The van der Waals surface area contributed by atoms with Crippen molar-refractivity contribution in [1.29, 1.82) is 0 Å². The van der Waals surface area contributed by atoms with E-state index in [0.29, 0.717) is 0 Å². The first-order valence-electron chi connectivity index (χ1n) is 9.99. The van der Waals surface area contributed by atoms with Crippen molar-refractivity contribution >= 4 is 11.7 Å². The highest BCUT2D eigenvalue weighted by Gasteiger charge is 2.28. The van der Waals surface area contributed by atoms with Crippen LogP contribution in [0.1, 0.15) is 38.2 Å². The van der Waals surface area contributed by atoms with Crippen LogP contribution in [0.5, 0.6) is 0 Å². The average molecular weight is 367 g/mol. The minimum atomic E-state index is 0.0541. The van der Waals surface area contributed by atoms with Crippen molar-refractivity contribution in [2.45, 2.75) is 39.5 Å². The van der Waals surface area contributed by atoms with Crippen LogP contribution >= 0.6 is 0 Å². The molecule has 5 heteroatoms. The second-order valence-electron chi connectivity index (χ2n) is 7.49. The molecule has 0 saturated carbocycles. The van der Waals surface area contributed by atoms with Crippen molar-refractivity contribution in [3.05, 3.63) is 42.0 Å². The van der Waals surface area contributed by atoms with Crippen LogP contribution in [0.3, 0.4) is 0 Å². The number of amides is 1. The van der Waals surface area contributed by atoms with Gasteiger partial charge in [0.1, 0.15) is 0 Å². The molecule has 27 heavy (non-hydrogen) atoms. The molecule has 1 fully saturated rings. The predicted octanol–water partition coefficient (Wildman–Crippen LogP) is 3.93. The Morgan fingerprint density at radius 3 is 2.74 bits per heavy atom. The lowest BCUT2D eigenvalue weighted by atomic mass is 9.96. The van der Waals surface area contributed by atoms with Gasteiger partial charge in [0.2, 0.25) is 5.91 Å². The monoisotopic (exact) mass is 366 g/mol. The molecule has 1 aliphatic heterocycles. The zero-order chi connectivity index (χ0) is 19.2. The molecule has 1 atom stereocenters. The first kappa shape index (κ1) is 19.3. The lowest BCUT2D eigenvalue weighted by Crippen LogP contribution is -2.44. The van der Waals surface area contributed by atoms with Gasteiger partial charge in [-0.3, -0.25) is 4.79 Å². The second-order valence-corrected chi connectivity index (χ2v) is 7.49. The van der Waals surface area contributed by atoms with Crippen molar-refractivity contribution in [2.75, 3.05) is 31.6 Å². The van der Waals surface area contributed by atoms with Crippen molar-refractivity contribution in [3.8, 4) is 11.3 Å². The Morgan fingerprint density at radius 1 is 1.22 bits per heavy atom. The number of benzene rings is 1. The summed E-state index contributed by atoms with van der Waals surface area (Å²) in [4.78, 5) is 16.8. The third-order valence-electron chi connectivity index (χ3n) is 5.39. The van der Waals surface area contributed by atoms with E-state index in [1.54, 1.807) is 0 Å². The van der Waals surface area contributed by atoms with Gasteiger partial charge in [-0.1, -0.05) is 37.6 Å². The zero-order valence-electron chi connectivity index (χ0n) is 16.7. The standard InChI is InChI=1S/C22H30N4O/c1-4-5-14-25(3)22(27)18-10-8-15-26(16-18)21-13-12-20(23-24-21)19-11-7-6-9-17(19)2/h6-7,9,11-13,18H,4-5,8,10,14-16H2,1-3H3/t18-/m1/s1. The first-order valence-corrected chi connectivity index (χ1v) is 9.99. The van der Waals surface area contributed by atoms with Crippen LogP contribution in [0.15, 0.2) is 36.4 Å². The Kier molecular flexibility index (Phi) is 6.43. The maximum atomic E-state index is 12.7. The second kappa shape index (κ2) is 8.98. The number of aryl methyl sites for hydroxylation is 1. The fourth-order valence-electron chi connectivity index (χ4n) is 3.70. The number of carbonyl (C=O) groups is 1. The molecule has 2 heterocycles. The van der Waals surface area contributed by atoms with E-state index < -0.39 is 0 Å². The molecule has 2 aromatic rings. The van der Waals surface area contributed by atoms with Gasteiger partial charge in [0.25, 0.3) is 0 Å². The molecule has 1 saturated heterocycles. The minimum Gasteiger partial charge on any atom is -0.354 e. The Hall–Kier alpha value is -2.43. The van der Waals surface area contributed by atoms with E-state index in [1.165, 1.54) is 5.56 Å². The summed E-state index contributed by atoms with van der Waals surface area (Å²) in [5.74, 6) is 1.18. The highest BCUT2D eigenvalue weighted by Crippen LogP contribution is 2.25. The summed E-state index contributed by atoms with van der Waals surface area (Å²) in [7, 11) is 1.92. The molecular weight excluding hydrogens is 336 g/mol. The average Bonchev–Trinajstić information content (AvgIpc) is 2.72. The van der Waals surface area contributed by atoms with E-state index in [0.717, 1.165) is 62.4 Å². The summed E-state index contributed by atoms with van der Waals surface area (Å²) in [6.07, 6.45) is 4.14. The molecule has 1 aromatic heterocycles. The number of carbonyl (C=O) groups excluding carboxylic acids is 1. The molecule has 1 amide bonds. The Balaban J connectivity index is 1.67. The van der Waals surface area contributed by atoms with E-state index in [-0.39, 0.29) is 11.8 Å². The third kappa shape index (κ3) is 4.65. The van der Waals surface area contributed by atoms with Gasteiger partial charge in [-0.15, -0.1) is 10.2 Å². The molecule has 1 aliphatic rings. The first-order chi connectivity index (χ1) is 13.1. The van der Waals surface area contributed by atoms with Crippen LogP contribution in [-0.2, 0) is 4.79 Å². The van der Waals surface area contributed by atoms with E-state index in [9.17, 15) is 4.79 Å². The molecule has 0 N–H and O–H groups in total. The van der Waals surface area contributed by atoms with Gasteiger partial charge < -0.3 is 9.80 Å². The molecular formula is C22H30N4O. The highest BCUT2D eigenvalue weighted by molar-refractivity contribution is 5.79. The number of nitrogens with zero attached hydrogens (tertiary/aromatic N) is 4. The van der Waals surface area contributed by atoms with Crippen LogP contribution in [0.4, 0.5) is 5.82 Å². The lowest BCUT2D eigenvalue weighted by Gasteiger charge is -2.34. The smallest absolute Gasteiger partial charge is 0.227 e. The summed E-state index contributed by atoms with van der Waals surface area (Å²) in [6, 6.07) is 12.3. The zero-order valence-corrected chi connectivity index (χ0v) is 16.7. The maximum absolute atomic E-state index is 12.7. The molecule has 5 nitrogen and oxygen atoms in total. The molecule has 0 bridgehead atoms. The van der Waals surface area contributed by atoms with Crippen molar-refractivity contribution in [1.82, 2.24) is 15.1 Å². The minimum absolute atomic E-state index is 0.0541. The number of piperidine rings is 1. The SMILES string of the molecule is CCCCN(C)C(=O)[C@@H]1CCCN(c2ccc(-c3ccccc3C)nn2)C1. The van der Waals surface area contributed by atoms with Gasteiger partial charge in [0, 0.05) is 32.2 Å². The maximum Gasteiger partial charge on any atom is 0.227 e. The molecule has 1 aromatic carbocycles. The largest absolute Gasteiger partial charge is 0.354 e. The summed E-state index contributed by atoms with van der Waals surface area (Å²) in [5.41, 5.74) is 3.19. The highest BCUT2D eigenvalue weighted by atomic mass is 16.2. The summed E-state index contributed by atoms with van der Waals surface area (Å²) < 4.78 is 0. The fourth-order valence-corrected chi connectivity index (χ4v) is 3.70. The van der Waals surface area contributed by atoms with E-state index >= 15 is 0 Å². The van der Waals surface area contributed by atoms with Crippen molar-refractivity contribution in [2.24, 2.45) is 5.92 Å². The number of rotatable bonds is 6. The molecule has 0 unspecified atom stereocenters. The Bertz CT molecular complexity index is 759. The number of unbranched alkanes of at least 4 members (excludes halogenated alkanes) is 1. The van der Waals surface area contributed by atoms with Crippen LogP contribution in [-0.4, -0.2) is 47.7 Å². The topological polar surface area (TPSA) is 49.3 Å². The van der Waals surface area contributed by atoms with Gasteiger partial charge in [-0.2, -0.15) is 0 Å². The molecule has 0 aliphatic carbocycles. The quantitative estimate of drug-likeness (QED) is 0.777. The van der Waals surface area contributed by atoms with E-state index in [2.05, 4.69) is 41.1 Å². The lowest BCUT2D eigenvalue weighted by molar-refractivity contribution is -0.134. The normalized spacial score (nSPS) is 17.0. The van der Waals surface area contributed by atoms with Crippen molar-refractivity contribution < 1.29 is 4.79 Å². The van der Waals surface area contributed by atoms with Gasteiger partial charge in [-0.25, -0.2) is 0 Å². The summed E-state index contributed by atoms with van der Waals surface area (Å²) in [5, 5.41) is 8.90. The summed E-state index contributed by atoms with van der Waals surface area (Å²) >= 11 is 0. The van der Waals surface area contributed by atoms with Crippen LogP contribution in [0.25, 0.3) is 11.3 Å². The molecule has 3 rings (SSSR count). The van der Waals surface area contributed by atoms with E-state index in [4.69, 9.17) is 0 Å². The van der Waals surface area contributed by atoms with Gasteiger partial charge >= 0.3 is 0 Å². The van der Waals surface area contributed by atoms with Crippen LogP contribution < -0.4 is 4.90 Å². The third-order valence-corrected chi connectivity index (χ3v) is 5.39. The number of anilines is 1. The fraction of sp³-hybridized carbons (Fsp3) is 0.500. The number of hydrogen-bond donors (Lipinski definition) is 0. The number of aromatic nitrogens is 2. The Labute approximate surface area is 162 Å². The van der Waals surface area contributed by atoms with Crippen LogP contribution in [0, 0.1) is 12.8 Å². The van der Waals surface area contributed by atoms with Gasteiger partial charge in [0.05, 0.1) is 11.6 Å². The Morgan fingerprint density at radius 2 is 2.04 bits per heavy atom. The number of hydrogen-bond acceptors (Lipinski definition) is 4. The predicted molar refractivity (Wildman–Crippen MR) is 110 cm³/mol. The molecule has 144 valence electrons. The molecule has 0 radical (unpaired) electrons. The summed E-state index contributed by atoms with van der Waals surface area (Å²) in [6.45, 7) is 6.74. The van der Waals surface area contributed by atoms with Crippen molar-refractivity contribution in [3.63, 3.8) is 0 Å². The van der Waals surface area contributed by atoms with Gasteiger partial charge in [-0.05, 0) is 43.9 Å². The van der Waals surface area contributed by atoms with Crippen LogP contribution in [0.2, 0.25) is 0 Å². The molecule has 0 spiro atoms.